The SMILES string of the molecule is CC1=[C-]C(C)C=C1c1cccc(F)c1.CC1=[C-]C(C)C=C1c1cccc(F)c1.C[Si](=[Zr+2])c1ccccc1.[Cl-].[Cl-]. The van der Waals surface area contributed by atoms with Crippen molar-refractivity contribution in [2.24, 2.45) is 11.8 Å². The second-order valence-corrected chi connectivity index (χ2v) is 16.6. The molecular weight excluding hydrogens is 625 g/mol. The van der Waals surface area contributed by atoms with E-state index in [-0.39, 0.29) is 41.9 Å². The fraction of sp³-hybridized carbons (Fsp3) is 0.212. The van der Waals surface area contributed by atoms with Crippen molar-refractivity contribution < 1.29 is 56.9 Å². The summed E-state index contributed by atoms with van der Waals surface area (Å²) >= 11 is 1.69. The van der Waals surface area contributed by atoms with Gasteiger partial charge in [0.05, 0.1) is 0 Å². The Morgan fingerprint density at radius 2 is 1.08 bits per heavy atom. The van der Waals surface area contributed by atoms with Crippen LogP contribution in [0.25, 0.3) is 11.1 Å². The third-order valence-corrected chi connectivity index (χ3v) is 9.34. The largest absolute Gasteiger partial charge is 1.00 e. The van der Waals surface area contributed by atoms with Gasteiger partial charge in [0, 0.05) is 0 Å². The standard InChI is InChI=1S/2C13H12F.C7H8Si.2ClH.Zr/c2*1-9-6-10(2)13(7-9)11-4-3-5-12(14)8-11;1-8-7-5-3-2-4-6-7;;;/h2*3-5,7-9H,1-2H3;2-6H,1H3;2*1H;/q2*-1;;;;+2/p-2. The molecular formula is C33H32Cl2F2SiZr-2. The zero-order chi connectivity index (χ0) is 26.9. The van der Waals surface area contributed by atoms with Crippen LogP contribution in [0, 0.1) is 35.6 Å². The number of hydrogen-bond acceptors (Lipinski definition) is 0. The van der Waals surface area contributed by atoms with Crippen molar-refractivity contribution >= 4 is 21.8 Å². The summed E-state index contributed by atoms with van der Waals surface area (Å²) in [5, 5.41) is 1.56. The van der Waals surface area contributed by atoms with Gasteiger partial charge in [-0.25, -0.2) is 19.9 Å². The maximum atomic E-state index is 13.0. The minimum absolute atomic E-state index is 0. The molecule has 0 radical (unpaired) electrons. The first kappa shape index (κ1) is 35.2. The zero-order valence-corrected chi connectivity index (χ0v) is 27.8. The van der Waals surface area contributed by atoms with Crippen molar-refractivity contribution in [3.63, 3.8) is 0 Å². The van der Waals surface area contributed by atoms with Crippen LogP contribution < -0.4 is 30.0 Å². The molecule has 2 atom stereocenters. The number of halogens is 4. The topological polar surface area (TPSA) is 0 Å². The maximum absolute atomic E-state index is 13.0. The molecule has 0 fully saturated rings. The van der Waals surface area contributed by atoms with Crippen LogP contribution in [0.2, 0.25) is 6.55 Å². The second kappa shape index (κ2) is 17.1. The number of hydrogen-bond donors (Lipinski definition) is 0. The summed E-state index contributed by atoms with van der Waals surface area (Å²) in [5.74, 6) is 0.313. The molecule has 5 rings (SSSR count). The molecule has 0 bridgehead atoms. The van der Waals surface area contributed by atoms with Crippen molar-refractivity contribution in [2.45, 2.75) is 34.2 Å². The average Bonchev–Trinajstić information content (AvgIpc) is 3.39. The van der Waals surface area contributed by atoms with Crippen LogP contribution in [0.3, 0.4) is 0 Å². The van der Waals surface area contributed by atoms with Crippen LogP contribution in [0.1, 0.15) is 38.8 Å². The van der Waals surface area contributed by atoms with E-state index in [4.69, 9.17) is 0 Å². The van der Waals surface area contributed by atoms with Crippen LogP contribution in [0.5, 0.6) is 0 Å². The third kappa shape index (κ3) is 10.9. The summed E-state index contributed by atoms with van der Waals surface area (Å²) in [6, 6.07) is 24.2. The minimum Gasteiger partial charge on any atom is -1.00 e. The van der Waals surface area contributed by atoms with E-state index in [0.717, 1.165) is 33.4 Å². The van der Waals surface area contributed by atoms with E-state index in [0.29, 0.717) is 11.8 Å². The molecule has 0 aromatic heterocycles. The maximum Gasteiger partial charge on any atom is -1.00 e. The molecule has 0 nitrogen and oxygen atoms in total. The Bertz CT molecular complexity index is 1300. The van der Waals surface area contributed by atoms with Crippen LogP contribution in [0.4, 0.5) is 8.78 Å². The second-order valence-electron chi connectivity index (χ2n) is 9.29. The van der Waals surface area contributed by atoms with Crippen LogP contribution in [-0.2, 0) is 23.3 Å². The van der Waals surface area contributed by atoms with E-state index >= 15 is 0 Å². The first-order valence-electron chi connectivity index (χ1n) is 12.4. The average molecular weight is 657 g/mol. The molecule has 0 spiro atoms. The van der Waals surface area contributed by atoms with Crippen LogP contribution in [0.15, 0.2) is 102 Å². The molecule has 6 heteroatoms. The number of benzene rings is 3. The van der Waals surface area contributed by atoms with Gasteiger partial charge in [-0.3, -0.25) is 12.2 Å². The monoisotopic (exact) mass is 654 g/mol. The van der Waals surface area contributed by atoms with E-state index < -0.39 is 0 Å². The van der Waals surface area contributed by atoms with Crippen LogP contribution in [-0.4, -0.2) is 5.43 Å². The molecule has 3 aromatic rings. The van der Waals surface area contributed by atoms with Crippen molar-refractivity contribution in [2.75, 3.05) is 0 Å². The van der Waals surface area contributed by atoms with Gasteiger partial charge in [-0.1, -0.05) is 74.9 Å². The first-order valence-corrected chi connectivity index (χ1v) is 18.1. The molecule has 0 saturated carbocycles. The van der Waals surface area contributed by atoms with E-state index in [9.17, 15) is 8.78 Å². The van der Waals surface area contributed by atoms with Crippen molar-refractivity contribution in [1.82, 2.24) is 0 Å². The van der Waals surface area contributed by atoms with Gasteiger partial charge >= 0.3 is 70.8 Å². The number of rotatable bonds is 3. The van der Waals surface area contributed by atoms with Gasteiger partial charge < -0.3 is 24.8 Å². The minimum atomic E-state index is -0.184. The van der Waals surface area contributed by atoms with E-state index in [1.165, 1.54) is 12.1 Å². The first-order chi connectivity index (χ1) is 17.6. The summed E-state index contributed by atoms with van der Waals surface area (Å²) in [7, 11) is 0. The van der Waals surface area contributed by atoms with Gasteiger partial charge in [0.15, 0.2) is 0 Å². The van der Waals surface area contributed by atoms with E-state index in [1.807, 2.05) is 26.0 Å². The van der Waals surface area contributed by atoms with Gasteiger partial charge in [-0.2, -0.15) is 23.3 Å². The van der Waals surface area contributed by atoms with Crippen molar-refractivity contribution in [1.29, 1.82) is 0 Å². The molecule has 2 aliphatic carbocycles. The Kier molecular flexibility index (Phi) is 15.4. The quantitative estimate of drug-likeness (QED) is 0.300. The van der Waals surface area contributed by atoms with Gasteiger partial charge in [-0.15, -0.1) is 0 Å². The molecule has 3 aromatic carbocycles. The summed E-state index contributed by atoms with van der Waals surface area (Å²) < 4.78 is 26.0. The van der Waals surface area contributed by atoms with E-state index in [1.54, 1.807) is 52.8 Å². The Balaban J connectivity index is 0.000000292. The molecule has 39 heavy (non-hydrogen) atoms. The summed E-state index contributed by atoms with van der Waals surface area (Å²) in [6.07, 6.45) is 10.8. The molecule has 202 valence electrons. The predicted molar refractivity (Wildman–Crippen MR) is 150 cm³/mol. The smallest absolute Gasteiger partial charge is 1.00 e. The molecule has 0 saturated heterocycles. The predicted octanol–water partition coefficient (Wildman–Crippen LogP) is 2.29. The van der Waals surface area contributed by atoms with Gasteiger partial charge in [-0.05, 0) is 24.3 Å². The van der Waals surface area contributed by atoms with Crippen molar-refractivity contribution in [3.05, 3.63) is 137 Å². The van der Waals surface area contributed by atoms with E-state index in [2.05, 4.69) is 75.0 Å². The fourth-order valence-corrected chi connectivity index (χ4v) is 6.22. The fourth-order valence-electron chi connectivity index (χ4n) is 4.30. The molecule has 2 aliphatic rings. The Hall–Kier alpha value is -1.84. The Morgan fingerprint density at radius 3 is 1.36 bits per heavy atom. The molecule has 0 heterocycles. The zero-order valence-electron chi connectivity index (χ0n) is 22.8. The summed E-state index contributed by atoms with van der Waals surface area (Å²) in [5.41, 5.74) is 6.21. The summed E-state index contributed by atoms with van der Waals surface area (Å²) in [4.78, 5) is 0. The summed E-state index contributed by atoms with van der Waals surface area (Å²) in [6.45, 7) is 10.5. The third-order valence-electron chi connectivity index (χ3n) is 6.01. The van der Waals surface area contributed by atoms with Gasteiger partial charge in [0.25, 0.3) is 0 Å². The molecule has 0 aliphatic heterocycles. The molecule has 0 N–H and O–H groups in total. The van der Waals surface area contributed by atoms with Gasteiger partial charge in [0.2, 0.25) is 0 Å². The molecule has 2 unspecified atom stereocenters. The molecule has 0 amide bonds. The Morgan fingerprint density at radius 1 is 0.667 bits per heavy atom. The van der Waals surface area contributed by atoms with Crippen LogP contribution >= 0.6 is 0 Å². The normalized spacial score (nSPS) is 16.9. The van der Waals surface area contributed by atoms with Gasteiger partial charge in [0.1, 0.15) is 11.6 Å². The van der Waals surface area contributed by atoms with Crippen molar-refractivity contribution in [3.8, 4) is 0 Å². The number of allylic oxidation sites excluding steroid dienone is 8. The Labute approximate surface area is 260 Å².